The molecule has 140 valence electrons. The fourth-order valence-corrected chi connectivity index (χ4v) is 3.93. The first kappa shape index (κ1) is 19.0. The van der Waals surface area contributed by atoms with Crippen molar-refractivity contribution in [2.45, 2.75) is 44.6 Å². The lowest BCUT2D eigenvalue weighted by Gasteiger charge is -2.28. The zero-order chi connectivity index (χ0) is 16.2. The van der Waals surface area contributed by atoms with E-state index in [9.17, 15) is 0 Å². The topological polar surface area (TPSA) is 50.0 Å². The molecule has 1 aromatic rings. The molecule has 1 atom stereocenters. The van der Waals surface area contributed by atoms with Gasteiger partial charge in [-0.05, 0) is 56.1 Å². The van der Waals surface area contributed by atoms with Gasteiger partial charge in [-0.2, -0.15) is 0 Å². The van der Waals surface area contributed by atoms with Crippen LogP contribution in [0.1, 0.15) is 37.9 Å². The molecule has 3 aliphatic rings. The summed E-state index contributed by atoms with van der Waals surface area (Å²) >= 11 is 0. The van der Waals surface area contributed by atoms with Crippen molar-refractivity contribution < 1.29 is 9.15 Å². The standard InChI is InChI=1S/C19H29N3O2.HI/c1-2-18(24-11-1)5-9-20-19(21-17-3-4-17)22-10-6-16(14-22)15-7-12-23-13-8-15;/h1-2,11,15-17H,3-10,12-14H2,(H,20,21);1H. The molecule has 1 aliphatic carbocycles. The normalized spacial score (nSPS) is 25.0. The van der Waals surface area contributed by atoms with Crippen LogP contribution in [0.2, 0.25) is 0 Å². The molecule has 0 amide bonds. The Morgan fingerprint density at radius 2 is 2.00 bits per heavy atom. The Labute approximate surface area is 167 Å². The SMILES string of the molecule is I.c1coc(CCN=C(NC2CC2)N2CCC(C3CCOCC3)C2)c1. The Kier molecular flexibility index (Phi) is 7.04. The maximum atomic E-state index is 5.52. The Morgan fingerprint density at radius 3 is 2.72 bits per heavy atom. The van der Waals surface area contributed by atoms with Crippen LogP contribution in [0.3, 0.4) is 0 Å². The highest BCUT2D eigenvalue weighted by Crippen LogP contribution is 2.31. The van der Waals surface area contributed by atoms with Gasteiger partial charge in [-0.15, -0.1) is 24.0 Å². The molecule has 25 heavy (non-hydrogen) atoms. The smallest absolute Gasteiger partial charge is 0.194 e. The molecule has 1 saturated carbocycles. The van der Waals surface area contributed by atoms with Crippen molar-refractivity contribution in [2.24, 2.45) is 16.8 Å². The van der Waals surface area contributed by atoms with Crippen molar-refractivity contribution in [3.8, 4) is 0 Å². The summed E-state index contributed by atoms with van der Waals surface area (Å²) < 4.78 is 10.9. The fraction of sp³-hybridized carbons (Fsp3) is 0.737. The molecule has 1 unspecified atom stereocenters. The van der Waals surface area contributed by atoms with E-state index in [0.717, 1.165) is 62.8 Å². The third-order valence-electron chi connectivity index (χ3n) is 5.57. The van der Waals surface area contributed by atoms with Crippen LogP contribution in [0.25, 0.3) is 0 Å². The molecule has 0 bridgehead atoms. The zero-order valence-corrected chi connectivity index (χ0v) is 17.2. The molecular weight excluding hydrogens is 429 g/mol. The Balaban J connectivity index is 0.00000182. The minimum atomic E-state index is 0. The monoisotopic (exact) mass is 459 g/mol. The lowest BCUT2D eigenvalue weighted by Crippen LogP contribution is -2.42. The molecular formula is C19H30IN3O2. The first-order valence-corrected chi connectivity index (χ1v) is 9.54. The summed E-state index contributed by atoms with van der Waals surface area (Å²) in [4.78, 5) is 7.37. The Hall–Kier alpha value is -0.760. The Bertz CT molecular complexity index is 539. The minimum Gasteiger partial charge on any atom is -0.469 e. The highest BCUT2D eigenvalue weighted by Gasteiger charge is 2.33. The average molecular weight is 459 g/mol. The molecule has 2 saturated heterocycles. The first-order chi connectivity index (χ1) is 11.9. The highest BCUT2D eigenvalue weighted by atomic mass is 127. The number of rotatable bonds is 5. The molecule has 1 aromatic heterocycles. The maximum absolute atomic E-state index is 5.52. The van der Waals surface area contributed by atoms with Gasteiger partial charge < -0.3 is 19.4 Å². The summed E-state index contributed by atoms with van der Waals surface area (Å²) in [6.45, 7) is 4.99. The minimum absolute atomic E-state index is 0. The van der Waals surface area contributed by atoms with Gasteiger partial charge in [-0.1, -0.05) is 0 Å². The maximum Gasteiger partial charge on any atom is 0.194 e. The second-order valence-electron chi connectivity index (χ2n) is 7.40. The summed E-state index contributed by atoms with van der Waals surface area (Å²) in [5.74, 6) is 3.80. The Morgan fingerprint density at radius 1 is 1.16 bits per heavy atom. The van der Waals surface area contributed by atoms with Gasteiger partial charge in [0.25, 0.3) is 0 Å². The van der Waals surface area contributed by atoms with E-state index in [1.165, 1.54) is 32.1 Å². The number of nitrogens with one attached hydrogen (secondary N) is 1. The zero-order valence-electron chi connectivity index (χ0n) is 14.9. The molecule has 5 nitrogen and oxygen atoms in total. The molecule has 0 aromatic carbocycles. The molecule has 6 heteroatoms. The molecule has 1 N–H and O–H groups in total. The van der Waals surface area contributed by atoms with Crippen LogP contribution >= 0.6 is 24.0 Å². The van der Waals surface area contributed by atoms with Crippen molar-refractivity contribution >= 4 is 29.9 Å². The van der Waals surface area contributed by atoms with E-state index in [1.807, 2.05) is 12.1 Å². The van der Waals surface area contributed by atoms with Crippen molar-refractivity contribution in [3.63, 3.8) is 0 Å². The van der Waals surface area contributed by atoms with Crippen LogP contribution in [-0.2, 0) is 11.2 Å². The third-order valence-corrected chi connectivity index (χ3v) is 5.57. The molecule has 2 aliphatic heterocycles. The number of nitrogens with zero attached hydrogens (tertiary/aromatic N) is 2. The molecule has 0 radical (unpaired) electrons. The lowest BCUT2D eigenvalue weighted by molar-refractivity contribution is 0.0488. The summed E-state index contributed by atoms with van der Waals surface area (Å²) in [5, 5.41) is 3.66. The first-order valence-electron chi connectivity index (χ1n) is 9.54. The van der Waals surface area contributed by atoms with E-state index in [2.05, 4.69) is 10.2 Å². The third kappa shape index (κ3) is 5.36. The van der Waals surface area contributed by atoms with Crippen LogP contribution in [0.15, 0.2) is 27.8 Å². The number of ether oxygens (including phenoxy) is 1. The van der Waals surface area contributed by atoms with E-state index in [1.54, 1.807) is 6.26 Å². The molecule has 3 heterocycles. The van der Waals surface area contributed by atoms with Crippen LogP contribution in [0, 0.1) is 11.8 Å². The van der Waals surface area contributed by atoms with Gasteiger partial charge in [0.05, 0.1) is 6.26 Å². The number of hydrogen-bond acceptors (Lipinski definition) is 3. The van der Waals surface area contributed by atoms with E-state index in [4.69, 9.17) is 14.1 Å². The van der Waals surface area contributed by atoms with Gasteiger partial charge in [0.15, 0.2) is 5.96 Å². The van der Waals surface area contributed by atoms with Gasteiger partial charge >= 0.3 is 0 Å². The number of guanidine groups is 1. The molecule has 0 spiro atoms. The van der Waals surface area contributed by atoms with Crippen LogP contribution in [0.4, 0.5) is 0 Å². The van der Waals surface area contributed by atoms with Gasteiger partial charge in [-0.3, -0.25) is 4.99 Å². The van der Waals surface area contributed by atoms with E-state index < -0.39 is 0 Å². The predicted octanol–water partition coefficient (Wildman–Crippen LogP) is 3.30. The van der Waals surface area contributed by atoms with Crippen LogP contribution in [0.5, 0.6) is 0 Å². The van der Waals surface area contributed by atoms with E-state index >= 15 is 0 Å². The average Bonchev–Trinajstić information content (AvgIpc) is 3.10. The fourth-order valence-electron chi connectivity index (χ4n) is 3.93. The quantitative estimate of drug-likeness (QED) is 0.417. The second-order valence-corrected chi connectivity index (χ2v) is 7.40. The summed E-state index contributed by atoms with van der Waals surface area (Å²) in [5.41, 5.74) is 0. The van der Waals surface area contributed by atoms with E-state index in [0.29, 0.717) is 6.04 Å². The van der Waals surface area contributed by atoms with Crippen LogP contribution < -0.4 is 5.32 Å². The highest BCUT2D eigenvalue weighted by molar-refractivity contribution is 14.0. The summed E-state index contributed by atoms with van der Waals surface area (Å²) in [6.07, 6.45) is 8.96. The number of hydrogen-bond donors (Lipinski definition) is 1. The van der Waals surface area contributed by atoms with Crippen molar-refractivity contribution in [3.05, 3.63) is 24.2 Å². The summed E-state index contributed by atoms with van der Waals surface area (Å²) in [7, 11) is 0. The largest absolute Gasteiger partial charge is 0.469 e. The van der Waals surface area contributed by atoms with Crippen LogP contribution in [-0.4, -0.2) is 49.7 Å². The van der Waals surface area contributed by atoms with Crippen molar-refractivity contribution in [1.29, 1.82) is 0 Å². The van der Waals surface area contributed by atoms with Gasteiger partial charge in [0.1, 0.15) is 5.76 Å². The van der Waals surface area contributed by atoms with Crippen molar-refractivity contribution in [1.82, 2.24) is 10.2 Å². The number of likely N-dealkylation sites (tertiary alicyclic amines) is 1. The van der Waals surface area contributed by atoms with Gasteiger partial charge in [0.2, 0.25) is 0 Å². The summed E-state index contributed by atoms with van der Waals surface area (Å²) in [6, 6.07) is 4.62. The molecule has 4 rings (SSSR count). The van der Waals surface area contributed by atoms with Gasteiger partial charge in [0, 0.05) is 45.3 Å². The molecule has 3 fully saturated rings. The second kappa shape index (κ2) is 9.26. The van der Waals surface area contributed by atoms with Crippen molar-refractivity contribution in [2.75, 3.05) is 32.8 Å². The van der Waals surface area contributed by atoms with Gasteiger partial charge in [-0.25, -0.2) is 0 Å². The number of halogens is 1. The van der Waals surface area contributed by atoms with E-state index in [-0.39, 0.29) is 24.0 Å². The lowest BCUT2D eigenvalue weighted by atomic mass is 9.85. The predicted molar refractivity (Wildman–Crippen MR) is 110 cm³/mol. The number of furan rings is 1. The number of aliphatic imine (C=N–C) groups is 1.